The van der Waals surface area contributed by atoms with Crippen LogP contribution in [0.3, 0.4) is 0 Å². The minimum absolute atomic E-state index is 0.357. The number of nitrogens with one attached hydrogen (secondary N) is 1. The molecular weight excluding hydrogens is 240 g/mol. The van der Waals surface area contributed by atoms with E-state index < -0.39 is 0 Å². The lowest BCUT2D eigenvalue weighted by Gasteiger charge is -2.22. The highest BCUT2D eigenvalue weighted by atomic mass is 16.5. The molecule has 110 valence electrons. The Morgan fingerprint density at radius 2 is 2.16 bits per heavy atom. The fourth-order valence-corrected chi connectivity index (χ4v) is 2.42. The first-order chi connectivity index (χ1) is 8.92. The lowest BCUT2D eigenvalue weighted by molar-refractivity contribution is 0.199. The summed E-state index contributed by atoms with van der Waals surface area (Å²) < 4.78 is 10.5. The molecule has 1 rings (SSSR count). The lowest BCUT2D eigenvalue weighted by atomic mass is 9.83. The van der Waals surface area contributed by atoms with Crippen molar-refractivity contribution in [3.8, 4) is 0 Å². The van der Waals surface area contributed by atoms with Crippen LogP contribution < -0.4 is 5.32 Å². The van der Waals surface area contributed by atoms with Gasteiger partial charge < -0.3 is 14.5 Å². The second kappa shape index (κ2) is 7.65. The predicted octanol–water partition coefficient (Wildman–Crippen LogP) is 3.03. The van der Waals surface area contributed by atoms with Crippen LogP contribution in [0.25, 0.3) is 0 Å². The SMILES string of the molecule is COCCNCc1ncoc1CC(C)CC(C)(C)C. The van der Waals surface area contributed by atoms with Gasteiger partial charge in [-0.1, -0.05) is 27.7 Å². The molecule has 1 N–H and O–H groups in total. The van der Waals surface area contributed by atoms with Gasteiger partial charge in [0.05, 0.1) is 12.3 Å². The quantitative estimate of drug-likeness (QED) is 0.736. The van der Waals surface area contributed by atoms with E-state index in [2.05, 4.69) is 38.0 Å². The number of methoxy groups -OCH3 is 1. The molecular formula is C15H28N2O2. The first-order valence-corrected chi connectivity index (χ1v) is 7.03. The number of hydrogen-bond donors (Lipinski definition) is 1. The minimum atomic E-state index is 0.357. The highest BCUT2D eigenvalue weighted by Gasteiger charge is 2.18. The average molecular weight is 268 g/mol. The van der Waals surface area contributed by atoms with E-state index in [-0.39, 0.29) is 0 Å². The number of oxazole rings is 1. The van der Waals surface area contributed by atoms with Crippen LogP contribution in [0.2, 0.25) is 0 Å². The van der Waals surface area contributed by atoms with Crippen molar-refractivity contribution in [3.05, 3.63) is 17.8 Å². The Bertz CT molecular complexity index is 355. The van der Waals surface area contributed by atoms with E-state index in [0.29, 0.717) is 17.9 Å². The molecule has 1 aromatic rings. The molecule has 0 spiro atoms. The Labute approximate surface area is 116 Å². The number of aromatic nitrogens is 1. The highest BCUT2D eigenvalue weighted by Crippen LogP contribution is 2.26. The third-order valence-corrected chi connectivity index (χ3v) is 3.00. The standard InChI is InChI=1S/C15H28N2O2/c1-12(9-15(2,3)4)8-14-13(17-11-19-14)10-16-6-7-18-5/h11-12,16H,6-10H2,1-5H3. The Kier molecular flexibility index (Phi) is 6.52. The maximum Gasteiger partial charge on any atom is 0.181 e. The summed E-state index contributed by atoms with van der Waals surface area (Å²) in [5.41, 5.74) is 1.38. The smallest absolute Gasteiger partial charge is 0.181 e. The predicted molar refractivity (Wildman–Crippen MR) is 77.0 cm³/mol. The normalized spacial score (nSPS) is 13.7. The molecule has 0 aliphatic heterocycles. The molecule has 1 heterocycles. The van der Waals surface area contributed by atoms with E-state index in [4.69, 9.17) is 9.15 Å². The van der Waals surface area contributed by atoms with Crippen LogP contribution in [0.5, 0.6) is 0 Å². The van der Waals surface area contributed by atoms with E-state index in [1.807, 2.05) is 0 Å². The highest BCUT2D eigenvalue weighted by molar-refractivity contribution is 5.07. The van der Waals surface area contributed by atoms with E-state index in [0.717, 1.165) is 31.0 Å². The molecule has 4 heteroatoms. The zero-order valence-corrected chi connectivity index (χ0v) is 13.0. The molecule has 0 amide bonds. The summed E-state index contributed by atoms with van der Waals surface area (Å²) in [4.78, 5) is 4.29. The van der Waals surface area contributed by atoms with Crippen LogP contribution in [-0.4, -0.2) is 25.2 Å². The third-order valence-electron chi connectivity index (χ3n) is 3.00. The molecule has 0 fully saturated rings. The summed E-state index contributed by atoms with van der Waals surface area (Å²) in [7, 11) is 1.71. The first kappa shape index (κ1) is 16.2. The maximum atomic E-state index is 5.52. The van der Waals surface area contributed by atoms with Crippen molar-refractivity contribution in [2.45, 2.75) is 47.1 Å². The number of nitrogens with zero attached hydrogens (tertiary/aromatic N) is 1. The largest absolute Gasteiger partial charge is 0.448 e. The van der Waals surface area contributed by atoms with Gasteiger partial charge in [-0.25, -0.2) is 4.98 Å². The molecule has 1 aromatic heterocycles. The van der Waals surface area contributed by atoms with Crippen LogP contribution in [0, 0.1) is 11.3 Å². The van der Waals surface area contributed by atoms with Crippen LogP contribution in [0.15, 0.2) is 10.8 Å². The van der Waals surface area contributed by atoms with Crippen molar-refractivity contribution >= 4 is 0 Å². The molecule has 19 heavy (non-hydrogen) atoms. The summed E-state index contributed by atoms with van der Waals surface area (Å²) in [6.07, 6.45) is 3.69. The maximum absolute atomic E-state index is 5.52. The van der Waals surface area contributed by atoms with Crippen molar-refractivity contribution in [2.24, 2.45) is 11.3 Å². The van der Waals surface area contributed by atoms with Gasteiger partial charge in [-0.05, 0) is 17.8 Å². The molecule has 0 aromatic carbocycles. The van der Waals surface area contributed by atoms with Crippen molar-refractivity contribution in [1.82, 2.24) is 10.3 Å². The summed E-state index contributed by atoms with van der Waals surface area (Å²) >= 11 is 0. The van der Waals surface area contributed by atoms with Crippen LogP contribution >= 0.6 is 0 Å². The Balaban J connectivity index is 2.43. The van der Waals surface area contributed by atoms with Crippen molar-refractivity contribution in [1.29, 1.82) is 0 Å². The van der Waals surface area contributed by atoms with Gasteiger partial charge in [0.15, 0.2) is 6.39 Å². The van der Waals surface area contributed by atoms with E-state index in [1.54, 1.807) is 13.5 Å². The Hall–Kier alpha value is -0.870. The molecule has 0 radical (unpaired) electrons. The molecule has 1 unspecified atom stereocenters. The summed E-state index contributed by atoms with van der Waals surface area (Å²) in [5, 5.41) is 3.30. The molecule has 0 aliphatic rings. The summed E-state index contributed by atoms with van der Waals surface area (Å²) in [5.74, 6) is 1.62. The fourth-order valence-electron chi connectivity index (χ4n) is 2.42. The summed E-state index contributed by atoms with van der Waals surface area (Å²) in [6.45, 7) is 11.4. The van der Waals surface area contributed by atoms with E-state index >= 15 is 0 Å². The topological polar surface area (TPSA) is 47.3 Å². The van der Waals surface area contributed by atoms with Gasteiger partial charge in [-0.2, -0.15) is 0 Å². The molecule has 1 atom stereocenters. The van der Waals surface area contributed by atoms with Gasteiger partial charge >= 0.3 is 0 Å². The number of rotatable bonds is 8. The monoisotopic (exact) mass is 268 g/mol. The van der Waals surface area contributed by atoms with E-state index in [1.165, 1.54) is 6.42 Å². The van der Waals surface area contributed by atoms with Crippen LogP contribution in [-0.2, 0) is 17.7 Å². The second-order valence-electron chi connectivity index (χ2n) is 6.47. The van der Waals surface area contributed by atoms with Crippen molar-refractivity contribution in [3.63, 3.8) is 0 Å². The first-order valence-electron chi connectivity index (χ1n) is 7.03. The average Bonchev–Trinajstić information content (AvgIpc) is 2.69. The van der Waals surface area contributed by atoms with Gasteiger partial charge in [0.1, 0.15) is 5.76 Å². The van der Waals surface area contributed by atoms with Gasteiger partial charge in [0.2, 0.25) is 0 Å². The molecule has 0 saturated carbocycles. The van der Waals surface area contributed by atoms with Crippen molar-refractivity contribution < 1.29 is 9.15 Å². The number of hydrogen-bond acceptors (Lipinski definition) is 4. The minimum Gasteiger partial charge on any atom is -0.448 e. The van der Waals surface area contributed by atoms with Crippen molar-refractivity contribution in [2.75, 3.05) is 20.3 Å². The second-order valence-corrected chi connectivity index (χ2v) is 6.47. The molecule has 0 aliphatic carbocycles. The molecule has 4 nitrogen and oxygen atoms in total. The third kappa shape index (κ3) is 6.73. The van der Waals surface area contributed by atoms with Gasteiger partial charge in [0, 0.05) is 26.6 Å². The Morgan fingerprint density at radius 3 is 2.79 bits per heavy atom. The zero-order chi connectivity index (χ0) is 14.3. The van der Waals surface area contributed by atoms with Gasteiger partial charge in [-0.3, -0.25) is 0 Å². The zero-order valence-electron chi connectivity index (χ0n) is 13.0. The number of ether oxygens (including phenoxy) is 1. The lowest BCUT2D eigenvalue weighted by Crippen LogP contribution is -2.20. The van der Waals surface area contributed by atoms with Gasteiger partial charge in [-0.15, -0.1) is 0 Å². The van der Waals surface area contributed by atoms with E-state index in [9.17, 15) is 0 Å². The summed E-state index contributed by atoms with van der Waals surface area (Å²) in [6, 6.07) is 0. The fraction of sp³-hybridized carbons (Fsp3) is 0.800. The Morgan fingerprint density at radius 1 is 1.42 bits per heavy atom. The van der Waals surface area contributed by atoms with Crippen LogP contribution in [0.4, 0.5) is 0 Å². The van der Waals surface area contributed by atoms with Gasteiger partial charge in [0.25, 0.3) is 0 Å². The molecule has 0 bridgehead atoms. The molecule has 0 saturated heterocycles. The van der Waals surface area contributed by atoms with Crippen LogP contribution in [0.1, 0.15) is 45.6 Å².